The minimum absolute atomic E-state index is 0.169. The number of aromatic nitrogens is 1. The minimum atomic E-state index is -0.522. The van der Waals surface area contributed by atoms with Gasteiger partial charge < -0.3 is 14.6 Å². The van der Waals surface area contributed by atoms with Crippen LogP contribution < -0.4 is 16.0 Å². The topological polar surface area (TPSA) is 78.3 Å². The second-order valence-electron chi connectivity index (χ2n) is 6.01. The number of benzene rings is 2. The highest BCUT2D eigenvalue weighted by Gasteiger charge is 2.30. The van der Waals surface area contributed by atoms with Crippen molar-refractivity contribution < 1.29 is 13.6 Å². The molecule has 7 heteroatoms. The van der Waals surface area contributed by atoms with Crippen molar-refractivity contribution in [3.63, 3.8) is 0 Å². The molecular weight excluding hydrogens is 325 g/mol. The molecule has 1 saturated heterocycles. The van der Waals surface area contributed by atoms with E-state index in [-0.39, 0.29) is 5.91 Å². The van der Waals surface area contributed by atoms with Gasteiger partial charge in [-0.2, -0.15) is 0 Å². The van der Waals surface area contributed by atoms with Crippen LogP contribution >= 0.6 is 0 Å². The molecule has 1 aliphatic heterocycles. The standard InChI is InChI=1S/C18H16FN3O3/c19-12-4-1-2-6-15(12)22-9-3-5-13(17(22)23)20-11-7-8-16-14(10-11)21-18(24)25-16/h1-2,4,6-8,10,13,20H,3,5,9H2,(H,21,24). The molecular formula is C18H16FN3O3. The molecule has 0 saturated carbocycles. The maximum Gasteiger partial charge on any atom is 0.417 e. The molecule has 6 nitrogen and oxygen atoms in total. The SMILES string of the molecule is O=C1C(Nc2ccc3oc(=O)[nH]c3c2)CCCN1c1ccccc1F. The fraction of sp³-hybridized carbons (Fsp3) is 0.222. The van der Waals surface area contributed by atoms with Crippen LogP contribution in [0, 0.1) is 5.82 Å². The van der Waals surface area contributed by atoms with Gasteiger partial charge in [0.05, 0.1) is 11.2 Å². The van der Waals surface area contributed by atoms with Crippen molar-refractivity contribution >= 4 is 28.4 Å². The number of hydrogen-bond acceptors (Lipinski definition) is 4. The highest BCUT2D eigenvalue weighted by Crippen LogP contribution is 2.26. The molecule has 128 valence electrons. The number of H-pyrrole nitrogens is 1. The van der Waals surface area contributed by atoms with Gasteiger partial charge in [0, 0.05) is 12.2 Å². The molecule has 0 spiro atoms. The first-order valence-corrected chi connectivity index (χ1v) is 8.07. The Balaban J connectivity index is 1.58. The maximum absolute atomic E-state index is 14.0. The van der Waals surface area contributed by atoms with Crippen LogP contribution in [0.5, 0.6) is 0 Å². The highest BCUT2D eigenvalue weighted by molar-refractivity contribution is 5.99. The summed E-state index contributed by atoms with van der Waals surface area (Å²) in [7, 11) is 0. The van der Waals surface area contributed by atoms with Crippen LogP contribution in [0.4, 0.5) is 15.8 Å². The van der Waals surface area contributed by atoms with Gasteiger partial charge in [-0.25, -0.2) is 9.18 Å². The van der Waals surface area contributed by atoms with Gasteiger partial charge in [0.2, 0.25) is 5.91 Å². The van der Waals surface area contributed by atoms with Gasteiger partial charge in [0.15, 0.2) is 5.58 Å². The quantitative estimate of drug-likeness (QED) is 0.768. The van der Waals surface area contributed by atoms with Crippen molar-refractivity contribution in [3.8, 4) is 0 Å². The fourth-order valence-corrected chi connectivity index (χ4v) is 3.16. The smallest absolute Gasteiger partial charge is 0.408 e. The monoisotopic (exact) mass is 341 g/mol. The third kappa shape index (κ3) is 2.88. The van der Waals surface area contributed by atoms with Crippen molar-refractivity contribution in [2.75, 3.05) is 16.8 Å². The van der Waals surface area contributed by atoms with E-state index >= 15 is 0 Å². The summed E-state index contributed by atoms with van der Waals surface area (Å²) in [5.41, 5.74) is 2.01. The van der Waals surface area contributed by atoms with Gasteiger partial charge in [0.25, 0.3) is 0 Å². The lowest BCUT2D eigenvalue weighted by atomic mass is 10.0. The summed E-state index contributed by atoms with van der Waals surface area (Å²) >= 11 is 0. The average molecular weight is 341 g/mol. The number of nitrogens with zero attached hydrogens (tertiary/aromatic N) is 1. The molecule has 3 aromatic rings. The Bertz CT molecular complexity index is 994. The Labute approximate surface area is 142 Å². The molecule has 25 heavy (non-hydrogen) atoms. The lowest BCUT2D eigenvalue weighted by Crippen LogP contribution is -2.48. The summed E-state index contributed by atoms with van der Waals surface area (Å²) in [5, 5.41) is 3.17. The Hall–Kier alpha value is -3.09. The number of fused-ring (bicyclic) bond motifs is 1. The molecule has 1 fully saturated rings. The molecule has 2 aromatic carbocycles. The molecule has 0 bridgehead atoms. The van der Waals surface area contributed by atoms with E-state index in [0.717, 1.165) is 6.42 Å². The third-order valence-electron chi connectivity index (χ3n) is 4.34. The number of halogens is 1. The highest BCUT2D eigenvalue weighted by atomic mass is 19.1. The fourth-order valence-electron chi connectivity index (χ4n) is 3.16. The van der Waals surface area contributed by atoms with Gasteiger partial charge in [-0.1, -0.05) is 12.1 Å². The van der Waals surface area contributed by atoms with E-state index in [0.29, 0.717) is 35.4 Å². The lowest BCUT2D eigenvalue weighted by Gasteiger charge is -2.33. The number of carbonyl (C=O) groups excluding carboxylic acids is 1. The van der Waals surface area contributed by atoms with E-state index < -0.39 is 17.6 Å². The molecule has 1 amide bonds. The van der Waals surface area contributed by atoms with Crippen LogP contribution in [0.15, 0.2) is 51.7 Å². The van der Waals surface area contributed by atoms with Gasteiger partial charge in [-0.3, -0.25) is 9.78 Å². The molecule has 4 rings (SSSR count). The number of hydrogen-bond donors (Lipinski definition) is 2. The first-order valence-electron chi connectivity index (χ1n) is 8.07. The molecule has 0 radical (unpaired) electrons. The summed E-state index contributed by atoms with van der Waals surface area (Å²) < 4.78 is 19.0. The molecule has 2 N–H and O–H groups in total. The van der Waals surface area contributed by atoms with E-state index in [1.165, 1.54) is 11.0 Å². The number of amides is 1. The first-order chi connectivity index (χ1) is 12.1. The number of rotatable bonds is 3. The van der Waals surface area contributed by atoms with Gasteiger partial charge >= 0.3 is 5.76 Å². The number of carbonyl (C=O) groups is 1. The molecule has 1 aromatic heterocycles. The van der Waals surface area contributed by atoms with E-state index in [2.05, 4.69) is 10.3 Å². The predicted molar refractivity (Wildman–Crippen MR) is 92.2 cm³/mol. The normalized spacial score (nSPS) is 17.9. The number of para-hydroxylation sites is 1. The second-order valence-corrected chi connectivity index (χ2v) is 6.01. The van der Waals surface area contributed by atoms with Crippen molar-refractivity contribution in [1.82, 2.24) is 4.98 Å². The number of anilines is 2. The maximum atomic E-state index is 14.0. The third-order valence-corrected chi connectivity index (χ3v) is 4.34. The van der Waals surface area contributed by atoms with E-state index in [1.54, 1.807) is 36.4 Å². The van der Waals surface area contributed by atoms with Crippen LogP contribution in [-0.4, -0.2) is 23.5 Å². The second kappa shape index (κ2) is 6.08. The van der Waals surface area contributed by atoms with Crippen LogP contribution in [0.1, 0.15) is 12.8 Å². The van der Waals surface area contributed by atoms with Gasteiger partial charge in [-0.15, -0.1) is 0 Å². The summed E-state index contributed by atoms with van der Waals surface area (Å²) in [6, 6.07) is 10.9. The number of oxazole rings is 1. The van der Waals surface area contributed by atoms with Crippen LogP contribution in [0.25, 0.3) is 11.1 Å². The van der Waals surface area contributed by atoms with E-state index in [4.69, 9.17) is 4.42 Å². The lowest BCUT2D eigenvalue weighted by molar-refractivity contribution is -0.120. The van der Waals surface area contributed by atoms with E-state index in [1.807, 2.05) is 0 Å². The zero-order valence-corrected chi connectivity index (χ0v) is 13.3. The molecule has 1 unspecified atom stereocenters. The van der Waals surface area contributed by atoms with Crippen molar-refractivity contribution in [2.24, 2.45) is 0 Å². The number of piperidine rings is 1. The average Bonchev–Trinajstić information content (AvgIpc) is 2.97. The predicted octanol–water partition coefficient (Wildman–Crippen LogP) is 2.87. The number of aromatic amines is 1. The summed E-state index contributed by atoms with van der Waals surface area (Å²) in [5.74, 6) is -1.10. The van der Waals surface area contributed by atoms with Crippen molar-refractivity contribution in [1.29, 1.82) is 0 Å². The zero-order chi connectivity index (χ0) is 17.4. The van der Waals surface area contributed by atoms with Gasteiger partial charge in [0.1, 0.15) is 11.9 Å². The van der Waals surface area contributed by atoms with Gasteiger partial charge in [-0.05, 0) is 43.2 Å². The largest absolute Gasteiger partial charge is 0.417 e. The van der Waals surface area contributed by atoms with Crippen LogP contribution in [-0.2, 0) is 4.79 Å². The summed E-state index contributed by atoms with van der Waals surface area (Å²) in [6.07, 6.45) is 1.42. The molecule has 2 heterocycles. The van der Waals surface area contributed by atoms with Crippen LogP contribution in [0.2, 0.25) is 0 Å². The molecule has 1 aliphatic rings. The Morgan fingerprint density at radius 2 is 2.04 bits per heavy atom. The Morgan fingerprint density at radius 3 is 2.88 bits per heavy atom. The molecule has 1 atom stereocenters. The molecule has 0 aliphatic carbocycles. The number of nitrogens with one attached hydrogen (secondary N) is 2. The Morgan fingerprint density at radius 1 is 1.20 bits per heavy atom. The van der Waals surface area contributed by atoms with Crippen molar-refractivity contribution in [2.45, 2.75) is 18.9 Å². The summed E-state index contributed by atoms with van der Waals surface area (Å²) in [4.78, 5) is 28.1. The minimum Gasteiger partial charge on any atom is -0.408 e. The van der Waals surface area contributed by atoms with Crippen LogP contribution in [0.3, 0.4) is 0 Å². The zero-order valence-electron chi connectivity index (χ0n) is 13.3. The summed E-state index contributed by atoms with van der Waals surface area (Å²) in [6.45, 7) is 0.492. The van der Waals surface area contributed by atoms with Crippen molar-refractivity contribution in [3.05, 3.63) is 58.8 Å². The first kappa shape index (κ1) is 15.4. The van der Waals surface area contributed by atoms with E-state index in [9.17, 15) is 14.0 Å². The Kier molecular flexibility index (Phi) is 3.76.